The van der Waals surface area contributed by atoms with Gasteiger partial charge in [0.2, 0.25) is 0 Å². The Hall–Kier alpha value is -0.790. The van der Waals surface area contributed by atoms with Crippen molar-refractivity contribution < 1.29 is 4.79 Å². The van der Waals surface area contributed by atoms with Crippen LogP contribution in [0.3, 0.4) is 0 Å². The van der Waals surface area contributed by atoms with Gasteiger partial charge in [-0.1, -0.05) is 6.08 Å². The van der Waals surface area contributed by atoms with E-state index in [9.17, 15) is 4.79 Å². The summed E-state index contributed by atoms with van der Waals surface area (Å²) in [5, 5.41) is 3.59. The fourth-order valence-corrected chi connectivity index (χ4v) is 0.351. The lowest BCUT2D eigenvalue weighted by Gasteiger charge is -1.87. The fraction of sp³-hybridized carbons (Fsp3) is 0.500. The van der Waals surface area contributed by atoms with Crippen molar-refractivity contribution in [1.29, 1.82) is 0 Å². The molecule has 2 heteroatoms. The Morgan fingerprint density at radius 3 is 2.75 bits per heavy atom. The highest BCUT2D eigenvalue weighted by Crippen LogP contribution is 1.71. The fourth-order valence-electron chi connectivity index (χ4n) is 0.351. The first-order chi connectivity index (χ1) is 3.81. The van der Waals surface area contributed by atoms with Gasteiger partial charge in [-0.15, -0.1) is 0 Å². The second kappa shape index (κ2) is 4.37. The maximum Gasteiger partial charge on any atom is 0.264 e. The molecule has 0 aliphatic rings. The number of hydrogen-bond donors (Lipinski definition) is 0. The molecule has 0 saturated heterocycles. The van der Waals surface area contributed by atoms with Crippen molar-refractivity contribution in [1.82, 2.24) is 5.32 Å². The molecule has 0 atom stereocenters. The normalized spacial score (nSPS) is 9.75. The van der Waals surface area contributed by atoms with E-state index in [0.29, 0.717) is 6.54 Å². The van der Waals surface area contributed by atoms with Crippen LogP contribution in [0.1, 0.15) is 13.8 Å². The number of carbonyl (C=O) groups excluding carboxylic acids is 1. The minimum atomic E-state index is -0.144. The number of likely N-dealkylation sites (N-methyl/N-ethyl adjacent to an activating group) is 1. The van der Waals surface area contributed by atoms with Gasteiger partial charge in [-0.25, -0.2) is 5.32 Å². The van der Waals surface area contributed by atoms with E-state index in [1.165, 1.54) is 6.08 Å². The van der Waals surface area contributed by atoms with Crippen molar-refractivity contribution in [3.05, 3.63) is 12.2 Å². The van der Waals surface area contributed by atoms with Crippen LogP contribution in [-0.4, -0.2) is 12.5 Å². The maximum absolute atomic E-state index is 10.4. The van der Waals surface area contributed by atoms with Crippen LogP contribution in [0.2, 0.25) is 0 Å². The average Bonchev–Trinajstić information content (AvgIpc) is 1.68. The van der Waals surface area contributed by atoms with E-state index in [2.05, 4.69) is 5.32 Å². The lowest BCUT2D eigenvalue weighted by Crippen LogP contribution is -2.10. The van der Waals surface area contributed by atoms with Crippen LogP contribution < -0.4 is 5.32 Å². The maximum atomic E-state index is 10.4. The van der Waals surface area contributed by atoms with Crippen LogP contribution in [0.25, 0.3) is 0 Å². The molecular weight excluding hydrogens is 102 g/mol. The van der Waals surface area contributed by atoms with Gasteiger partial charge in [0.1, 0.15) is 0 Å². The lowest BCUT2D eigenvalue weighted by molar-refractivity contribution is -0.116. The quantitative estimate of drug-likeness (QED) is 0.484. The van der Waals surface area contributed by atoms with Gasteiger partial charge in [0.05, 0.1) is 0 Å². The summed E-state index contributed by atoms with van der Waals surface area (Å²) in [4.78, 5) is 10.4. The van der Waals surface area contributed by atoms with Gasteiger partial charge < -0.3 is 0 Å². The molecule has 2 nitrogen and oxygen atoms in total. The highest BCUT2D eigenvalue weighted by atomic mass is 16.1. The van der Waals surface area contributed by atoms with E-state index in [-0.39, 0.29) is 5.91 Å². The first-order valence-corrected chi connectivity index (χ1v) is 2.65. The van der Waals surface area contributed by atoms with Crippen LogP contribution in [0.4, 0.5) is 0 Å². The second-order valence-electron chi connectivity index (χ2n) is 1.31. The van der Waals surface area contributed by atoms with Crippen LogP contribution in [-0.2, 0) is 4.79 Å². The summed E-state index contributed by atoms with van der Waals surface area (Å²) in [6.07, 6.45) is 3.13. The van der Waals surface area contributed by atoms with E-state index in [1.54, 1.807) is 13.0 Å². The van der Waals surface area contributed by atoms with E-state index in [0.717, 1.165) is 0 Å². The van der Waals surface area contributed by atoms with Crippen molar-refractivity contribution in [2.45, 2.75) is 13.8 Å². The molecule has 0 aromatic rings. The zero-order chi connectivity index (χ0) is 6.41. The van der Waals surface area contributed by atoms with Crippen LogP contribution in [0, 0.1) is 0 Å². The van der Waals surface area contributed by atoms with Gasteiger partial charge in [-0.05, 0) is 13.8 Å². The first-order valence-electron chi connectivity index (χ1n) is 2.65. The molecule has 1 amide bonds. The molecule has 1 radical (unpaired) electrons. The van der Waals surface area contributed by atoms with Crippen LogP contribution in [0.5, 0.6) is 0 Å². The molecule has 0 fully saturated rings. The van der Waals surface area contributed by atoms with E-state index in [1.807, 2.05) is 6.92 Å². The van der Waals surface area contributed by atoms with E-state index < -0.39 is 0 Å². The average molecular weight is 112 g/mol. The third kappa shape index (κ3) is 3.40. The molecular formula is C6H10NO. The third-order valence-corrected chi connectivity index (χ3v) is 0.623. The number of hydrogen-bond acceptors (Lipinski definition) is 1. The standard InChI is InChI=1S/C6H10NO/c1-3-5-6(8)7-4-2/h3,5H,4H2,1-2H3/b5-3+. The molecule has 0 unspecified atom stereocenters. The topological polar surface area (TPSA) is 31.2 Å². The molecule has 8 heavy (non-hydrogen) atoms. The number of carbonyl (C=O) groups is 1. The monoisotopic (exact) mass is 112 g/mol. The summed E-state index contributed by atoms with van der Waals surface area (Å²) >= 11 is 0. The van der Waals surface area contributed by atoms with Crippen molar-refractivity contribution in [3.63, 3.8) is 0 Å². The first kappa shape index (κ1) is 7.21. The number of amides is 1. The van der Waals surface area contributed by atoms with Crippen molar-refractivity contribution in [2.24, 2.45) is 0 Å². The molecule has 0 spiro atoms. The molecule has 0 heterocycles. The summed E-state index contributed by atoms with van der Waals surface area (Å²) in [7, 11) is 0. The van der Waals surface area contributed by atoms with E-state index >= 15 is 0 Å². The summed E-state index contributed by atoms with van der Waals surface area (Å²) in [6, 6.07) is 0. The van der Waals surface area contributed by atoms with Crippen LogP contribution >= 0.6 is 0 Å². The van der Waals surface area contributed by atoms with Crippen molar-refractivity contribution >= 4 is 5.91 Å². The summed E-state index contributed by atoms with van der Waals surface area (Å²) < 4.78 is 0. The molecule has 0 N–H and O–H groups in total. The molecule has 0 rings (SSSR count). The lowest BCUT2D eigenvalue weighted by atomic mass is 10.5. The number of rotatable bonds is 2. The predicted octanol–water partition coefficient (Wildman–Crippen LogP) is 0.713. The van der Waals surface area contributed by atoms with E-state index in [4.69, 9.17) is 0 Å². The third-order valence-electron chi connectivity index (χ3n) is 0.623. The molecule has 0 aliphatic heterocycles. The highest BCUT2D eigenvalue weighted by Gasteiger charge is 1.88. The van der Waals surface area contributed by atoms with Crippen molar-refractivity contribution in [3.8, 4) is 0 Å². The zero-order valence-electron chi connectivity index (χ0n) is 5.22. The Labute approximate surface area is 49.6 Å². The minimum absolute atomic E-state index is 0.144. The Morgan fingerprint density at radius 2 is 2.38 bits per heavy atom. The Kier molecular flexibility index (Phi) is 3.94. The molecule has 0 aromatic carbocycles. The summed E-state index contributed by atoms with van der Waals surface area (Å²) in [6.45, 7) is 4.20. The summed E-state index contributed by atoms with van der Waals surface area (Å²) in [5.74, 6) is -0.144. The smallest absolute Gasteiger partial charge is 0.264 e. The van der Waals surface area contributed by atoms with Gasteiger partial charge in [-0.2, -0.15) is 0 Å². The SMILES string of the molecule is C/C=C/C(=O)[N]CC. The molecule has 0 aromatic heterocycles. The molecule has 45 valence electrons. The zero-order valence-corrected chi connectivity index (χ0v) is 5.22. The van der Waals surface area contributed by atoms with Gasteiger partial charge >= 0.3 is 0 Å². The Balaban J connectivity index is 3.33. The molecule has 0 bridgehead atoms. The van der Waals surface area contributed by atoms with Gasteiger partial charge in [0.25, 0.3) is 5.91 Å². The van der Waals surface area contributed by atoms with Gasteiger partial charge in [0.15, 0.2) is 0 Å². The molecule has 0 aliphatic carbocycles. The highest BCUT2D eigenvalue weighted by molar-refractivity contribution is 5.86. The van der Waals surface area contributed by atoms with Crippen LogP contribution in [0.15, 0.2) is 12.2 Å². The number of nitrogens with zero attached hydrogens (tertiary/aromatic N) is 1. The molecule has 0 saturated carbocycles. The summed E-state index contributed by atoms with van der Waals surface area (Å²) in [5.41, 5.74) is 0. The number of allylic oxidation sites excluding steroid dienone is 1. The Morgan fingerprint density at radius 1 is 1.75 bits per heavy atom. The van der Waals surface area contributed by atoms with Gasteiger partial charge in [0, 0.05) is 12.6 Å². The Bertz CT molecular complexity index is 96.7. The largest absolute Gasteiger partial charge is 0.268 e. The second-order valence-corrected chi connectivity index (χ2v) is 1.31. The van der Waals surface area contributed by atoms with Gasteiger partial charge in [-0.3, -0.25) is 4.79 Å². The van der Waals surface area contributed by atoms with Crippen molar-refractivity contribution in [2.75, 3.05) is 6.54 Å². The minimum Gasteiger partial charge on any atom is -0.268 e. The predicted molar refractivity (Wildman–Crippen MR) is 32.5 cm³/mol.